The Balaban J connectivity index is 3.61. The topological polar surface area (TPSA) is 65.0 Å². The second-order valence-electron chi connectivity index (χ2n) is 6.41. The second-order valence-corrected chi connectivity index (χ2v) is 6.41. The molecule has 0 aromatic heterocycles. The van der Waals surface area contributed by atoms with Crippen molar-refractivity contribution in [2.24, 2.45) is 0 Å². The molecule has 0 saturated carbocycles. The molecule has 0 fully saturated rings. The number of rotatable bonds is 19. The van der Waals surface area contributed by atoms with E-state index in [1.807, 2.05) is 20.8 Å². The van der Waals surface area contributed by atoms with Crippen LogP contribution in [0.2, 0.25) is 0 Å². The van der Waals surface area contributed by atoms with Gasteiger partial charge in [0.15, 0.2) is 0 Å². The summed E-state index contributed by atoms with van der Waals surface area (Å²) in [5.41, 5.74) is 0. The monoisotopic (exact) mass is 360 g/mol. The second kappa shape index (κ2) is 16.8. The average molecular weight is 361 g/mol. The Bertz CT molecular complexity index is 289. The van der Waals surface area contributed by atoms with E-state index in [9.17, 15) is 4.79 Å². The highest BCUT2D eigenvalue weighted by Gasteiger charge is 2.31. The van der Waals surface area contributed by atoms with Crippen LogP contribution in [-0.2, 0) is 19.0 Å². The Kier molecular flexibility index (Phi) is 16.4. The Morgan fingerprint density at radius 1 is 0.680 bits per heavy atom. The van der Waals surface area contributed by atoms with E-state index in [-0.39, 0.29) is 0 Å². The van der Waals surface area contributed by atoms with Crippen LogP contribution >= 0.6 is 0 Å². The number of hydrogen-bond donors (Lipinski definition) is 1. The minimum Gasteiger partial charge on any atom is -0.481 e. The smallest absolute Gasteiger partial charge is 0.303 e. The van der Waals surface area contributed by atoms with Gasteiger partial charge in [-0.05, 0) is 33.6 Å². The number of carbonyl (C=O) groups is 1. The van der Waals surface area contributed by atoms with Crippen LogP contribution in [0.15, 0.2) is 0 Å². The van der Waals surface area contributed by atoms with Crippen molar-refractivity contribution < 1.29 is 24.1 Å². The molecule has 0 atom stereocenters. The highest BCUT2D eigenvalue weighted by Crippen LogP contribution is 2.24. The number of carboxylic acid groups (broad SMARTS) is 1. The van der Waals surface area contributed by atoms with Crippen LogP contribution in [0, 0.1) is 0 Å². The van der Waals surface area contributed by atoms with E-state index < -0.39 is 11.9 Å². The van der Waals surface area contributed by atoms with Gasteiger partial charge < -0.3 is 19.3 Å². The SMILES string of the molecule is CCOC(CCCCCCCCCCCCC(=O)O)(OCC)OCC. The molecule has 25 heavy (non-hydrogen) atoms. The summed E-state index contributed by atoms with van der Waals surface area (Å²) in [7, 11) is 0. The first-order valence-electron chi connectivity index (χ1n) is 10.2. The highest BCUT2D eigenvalue weighted by molar-refractivity contribution is 5.66. The summed E-state index contributed by atoms with van der Waals surface area (Å²) in [5, 5.41) is 8.57. The van der Waals surface area contributed by atoms with Crippen molar-refractivity contribution in [3.63, 3.8) is 0 Å². The lowest BCUT2D eigenvalue weighted by Gasteiger charge is -2.32. The lowest BCUT2D eigenvalue weighted by atomic mass is 10.0. The summed E-state index contributed by atoms with van der Waals surface area (Å²) in [6.45, 7) is 7.67. The van der Waals surface area contributed by atoms with Crippen molar-refractivity contribution in [2.45, 2.75) is 104 Å². The van der Waals surface area contributed by atoms with Crippen LogP contribution < -0.4 is 0 Å². The number of hydrogen-bond acceptors (Lipinski definition) is 4. The number of ether oxygens (including phenoxy) is 3. The standard InChI is InChI=1S/C20H40O5/c1-4-23-20(24-5-2,25-6-3)18-16-14-12-10-8-7-9-11-13-15-17-19(21)22/h4-18H2,1-3H3,(H,21,22). The number of carboxylic acids is 1. The summed E-state index contributed by atoms with van der Waals surface area (Å²) in [4.78, 5) is 10.4. The van der Waals surface area contributed by atoms with E-state index in [2.05, 4.69) is 0 Å². The van der Waals surface area contributed by atoms with Gasteiger partial charge in [-0.3, -0.25) is 4.79 Å². The molecule has 0 aromatic rings. The molecule has 0 heterocycles. The van der Waals surface area contributed by atoms with Gasteiger partial charge in [0.05, 0.1) is 0 Å². The van der Waals surface area contributed by atoms with Crippen LogP contribution in [-0.4, -0.2) is 36.9 Å². The molecule has 0 unspecified atom stereocenters. The van der Waals surface area contributed by atoms with Gasteiger partial charge in [-0.25, -0.2) is 0 Å². The first-order valence-corrected chi connectivity index (χ1v) is 10.2. The van der Waals surface area contributed by atoms with Crippen molar-refractivity contribution >= 4 is 5.97 Å². The van der Waals surface area contributed by atoms with Crippen LogP contribution in [0.4, 0.5) is 0 Å². The maximum atomic E-state index is 10.4. The molecule has 0 bridgehead atoms. The lowest BCUT2D eigenvalue weighted by molar-refractivity contribution is -0.380. The van der Waals surface area contributed by atoms with E-state index in [1.165, 1.54) is 38.5 Å². The zero-order chi connectivity index (χ0) is 18.8. The first kappa shape index (κ1) is 24.4. The fourth-order valence-corrected chi connectivity index (χ4v) is 3.03. The fraction of sp³-hybridized carbons (Fsp3) is 0.950. The molecule has 0 aliphatic heterocycles. The van der Waals surface area contributed by atoms with Gasteiger partial charge in [-0.2, -0.15) is 0 Å². The molecule has 0 aliphatic carbocycles. The normalized spacial score (nSPS) is 11.8. The molecule has 5 heteroatoms. The van der Waals surface area contributed by atoms with Crippen LogP contribution in [0.1, 0.15) is 97.8 Å². The highest BCUT2D eigenvalue weighted by atomic mass is 16.9. The minimum absolute atomic E-state index is 0.312. The van der Waals surface area contributed by atoms with Gasteiger partial charge in [0.2, 0.25) is 0 Å². The molecule has 5 nitrogen and oxygen atoms in total. The quantitative estimate of drug-likeness (QED) is 0.243. The number of aliphatic carboxylic acids is 1. The predicted molar refractivity (Wildman–Crippen MR) is 101 cm³/mol. The minimum atomic E-state index is -0.853. The van der Waals surface area contributed by atoms with E-state index in [0.29, 0.717) is 26.2 Å². The first-order chi connectivity index (χ1) is 12.1. The molecule has 0 aliphatic rings. The van der Waals surface area contributed by atoms with Crippen LogP contribution in [0.5, 0.6) is 0 Å². The zero-order valence-corrected chi connectivity index (χ0v) is 16.7. The number of unbranched alkanes of at least 4 members (excludes halogenated alkanes) is 9. The predicted octanol–water partition coefficient (Wildman–Crippen LogP) is 5.52. The fourth-order valence-electron chi connectivity index (χ4n) is 3.03. The maximum absolute atomic E-state index is 10.4. The van der Waals surface area contributed by atoms with E-state index in [0.717, 1.165) is 32.1 Å². The lowest BCUT2D eigenvalue weighted by Crippen LogP contribution is -2.39. The Labute approximate surface area is 154 Å². The summed E-state index contributed by atoms with van der Waals surface area (Å²) in [6, 6.07) is 0. The van der Waals surface area contributed by atoms with Gasteiger partial charge >= 0.3 is 5.97 Å². The summed E-state index contributed by atoms with van der Waals surface area (Å²) >= 11 is 0. The Morgan fingerprint density at radius 2 is 1.04 bits per heavy atom. The summed E-state index contributed by atoms with van der Waals surface area (Å²) in [5.74, 6) is -1.53. The van der Waals surface area contributed by atoms with Gasteiger partial charge in [0.1, 0.15) is 0 Å². The summed E-state index contributed by atoms with van der Waals surface area (Å²) in [6.07, 6.45) is 12.6. The molecule has 0 rings (SSSR count). The molecular formula is C20H40O5. The van der Waals surface area contributed by atoms with Gasteiger partial charge in [-0.1, -0.05) is 51.4 Å². The van der Waals surface area contributed by atoms with Crippen molar-refractivity contribution in [1.82, 2.24) is 0 Å². The maximum Gasteiger partial charge on any atom is 0.303 e. The van der Waals surface area contributed by atoms with Crippen molar-refractivity contribution in [3.05, 3.63) is 0 Å². The van der Waals surface area contributed by atoms with Crippen molar-refractivity contribution in [2.75, 3.05) is 19.8 Å². The Hall–Kier alpha value is -0.650. The van der Waals surface area contributed by atoms with Crippen molar-refractivity contribution in [3.8, 4) is 0 Å². The molecule has 0 aromatic carbocycles. The average Bonchev–Trinajstić information content (AvgIpc) is 2.56. The van der Waals surface area contributed by atoms with Gasteiger partial charge in [0.25, 0.3) is 5.97 Å². The van der Waals surface area contributed by atoms with Gasteiger partial charge in [0, 0.05) is 32.7 Å². The third-order valence-corrected chi connectivity index (χ3v) is 4.22. The largest absolute Gasteiger partial charge is 0.481 e. The molecule has 0 amide bonds. The van der Waals surface area contributed by atoms with E-state index in [4.69, 9.17) is 19.3 Å². The van der Waals surface area contributed by atoms with Crippen LogP contribution in [0.25, 0.3) is 0 Å². The third kappa shape index (κ3) is 14.2. The molecule has 0 saturated heterocycles. The third-order valence-electron chi connectivity index (χ3n) is 4.22. The summed E-state index contributed by atoms with van der Waals surface area (Å²) < 4.78 is 17.2. The van der Waals surface area contributed by atoms with Gasteiger partial charge in [-0.15, -0.1) is 0 Å². The zero-order valence-electron chi connectivity index (χ0n) is 16.7. The molecule has 0 radical (unpaired) electrons. The van der Waals surface area contributed by atoms with Crippen LogP contribution in [0.3, 0.4) is 0 Å². The van der Waals surface area contributed by atoms with Crippen molar-refractivity contribution in [1.29, 1.82) is 0 Å². The van der Waals surface area contributed by atoms with E-state index >= 15 is 0 Å². The molecule has 0 spiro atoms. The molecular weight excluding hydrogens is 320 g/mol. The molecule has 150 valence electrons. The molecule has 1 N–H and O–H groups in total. The Morgan fingerprint density at radius 3 is 1.40 bits per heavy atom. The van der Waals surface area contributed by atoms with E-state index in [1.54, 1.807) is 0 Å².